The molecule has 0 aliphatic carbocycles. The van der Waals surface area contributed by atoms with Crippen LogP contribution < -0.4 is 0 Å². The summed E-state index contributed by atoms with van der Waals surface area (Å²) in [5, 5.41) is 10.5. The molecule has 0 saturated carbocycles. The van der Waals surface area contributed by atoms with Crippen molar-refractivity contribution in [2.75, 3.05) is 0 Å². The van der Waals surface area contributed by atoms with E-state index in [1.54, 1.807) is 19.3 Å². The number of rotatable bonds is 2. The highest BCUT2D eigenvalue weighted by atomic mass is 79.9. The van der Waals surface area contributed by atoms with Gasteiger partial charge in [-0.15, -0.1) is 0 Å². The Labute approximate surface area is 103 Å². The van der Waals surface area contributed by atoms with Gasteiger partial charge in [0.25, 0.3) is 0 Å². The van der Waals surface area contributed by atoms with Gasteiger partial charge >= 0.3 is 0 Å². The Morgan fingerprint density at radius 2 is 1.81 bits per heavy atom. The minimum Gasteiger partial charge on any atom is -0.381 e. The summed E-state index contributed by atoms with van der Waals surface area (Å²) in [5.74, 6) is 0. The number of benzene rings is 1. The highest BCUT2D eigenvalue weighted by molar-refractivity contribution is 9.10. The lowest BCUT2D eigenvalue weighted by Gasteiger charge is -2.24. The largest absolute Gasteiger partial charge is 0.381 e. The van der Waals surface area contributed by atoms with Crippen LogP contribution in [0.5, 0.6) is 0 Å². The molecule has 1 aromatic heterocycles. The van der Waals surface area contributed by atoms with Gasteiger partial charge in [0.15, 0.2) is 0 Å². The summed E-state index contributed by atoms with van der Waals surface area (Å²) < 4.78 is 0.862. The summed E-state index contributed by atoms with van der Waals surface area (Å²) in [6, 6.07) is 11.4. The zero-order valence-corrected chi connectivity index (χ0v) is 10.5. The Hall–Kier alpha value is -1.19. The molecule has 1 heterocycles. The summed E-state index contributed by atoms with van der Waals surface area (Å²) >= 11 is 3.35. The van der Waals surface area contributed by atoms with E-state index in [1.165, 1.54) is 0 Å². The first-order chi connectivity index (χ1) is 7.60. The Morgan fingerprint density at radius 3 is 2.44 bits per heavy atom. The molecule has 1 N–H and O–H groups in total. The number of aliphatic hydroxyl groups is 1. The van der Waals surface area contributed by atoms with Crippen LogP contribution in [0.1, 0.15) is 18.1 Å². The van der Waals surface area contributed by atoms with Gasteiger partial charge in [-0.3, -0.25) is 4.98 Å². The first-order valence-corrected chi connectivity index (χ1v) is 5.79. The van der Waals surface area contributed by atoms with Gasteiger partial charge in [0, 0.05) is 22.4 Å². The Morgan fingerprint density at radius 1 is 1.12 bits per heavy atom. The van der Waals surface area contributed by atoms with Crippen molar-refractivity contribution < 1.29 is 5.11 Å². The van der Waals surface area contributed by atoms with Gasteiger partial charge in [-0.2, -0.15) is 0 Å². The Kier molecular flexibility index (Phi) is 3.08. The predicted octanol–water partition coefficient (Wildman–Crippen LogP) is 3.10. The number of aromatic nitrogens is 1. The maximum absolute atomic E-state index is 10.5. The summed E-state index contributed by atoms with van der Waals surface area (Å²) in [4.78, 5) is 4.07. The predicted molar refractivity (Wildman–Crippen MR) is 67.1 cm³/mol. The third-order valence-corrected chi connectivity index (χ3v) is 3.04. The molecular weight excluding hydrogens is 266 g/mol. The van der Waals surface area contributed by atoms with Gasteiger partial charge in [0.1, 0.15) is 5.60 Å². The molecule has 82 valence electrons. The molecule has 1 atom stereocenters. The standard InChI is InChI=1S/C13H12BrNO/c1-13(16,10-5-3-2-4-6-10)11-7-12(14)9-15-8-11/h2-9,16H,1H3. The van der Waals surface area contributed by atoms with E-state index in [2.05, 4.69) is 20.9 Å². The monoisotopic (exact) mass is 277 g/mol. The van der Waals surface area contributed by atoms with Gasteiger partial charge in [0.2, 0.25) is 0 Å². The molecule has 0 radical (unpaired) electrons. The van der Waals surface area contributed by atoms with Crippen LogP contribution in [-0.2, 0) is 5.60 Å². The SMILES string of the molecule is CC(O)(c1ccccc1)c1cncc(Br)c1. The molecule has 0 aliphatic heterocycles. The van der Waals surface area contributed by atoms with E-state index in [0.29, 0.717) is 0 Å². The van der Waals surface area contributed by atoms with Gasteiger partial charge < -0.3 is 5.11 Å². The molecule has 0 spiro atoms. The van der Waals surface area contributed by atoms with Crippen LogP contribution in [0.15, 0.2) is 53.3 Å². The molecule has 2 aromatic rings. The molecule has 0 bridgehead atoms. The Bertz CT molecular complexity index is 482. The van der Waals surface area contributed by atoms with Crippen molar-refractivity contribution in [3.8, 4) is 0 Å². The number of halogens is 1. The van der Waals surface area contributed by atoms with E-state index in [9.17, 15) is 5.11 Å². The van der Waals surface area contributed by atoms with Gasteiger partial charge in [-0.05, 0) is 34.5 Å². The summed E-state index contributed by atoms with van der Waals surface area (Å²) in [6.07, 6.45) is 3.38. The zero-order chi connectivity index (χ0) is 11.6. The quantitative estimate of drug-likeness (QED) is 0.915. The van der Waals surface area contributed by atoms with Crippen molar-refractivity contribution in [2.24, 2.45) is 0 Å². The van der Waals surface area contributed by atoms with Gasteiger partial charge in [0.05, 0.1) is 0 Å². The van der Waals surface area contributed by atoms with Crippen LogP contribution in [0.25, 0.3) is 0 Å². The lowest BCUT2D eigenvalue weighted by atomic mass is 9.89. The average Bonchev–Trinajstić information content (AvgIpc) is 2.30. The highest BCUT2D eigenvalue weighted by Crippen LogP contribution is 2.29. The van der Waals surface area contributed by atoms with Crippen LogP contribution in [0.3, 0.4) is 0 Å². The maximum Gasteiger partial charge on any atom is 0.113 e. The molecule has 2 rings (SSSR count). The van der Waals surface area contributed by atoms with Crippen molar-refractivity contribution in [2.45, 2.75) is 12.5 Å². The van der Waals surface area contributed by atoms with E-state index in [4.69, 9.17) is 0 Å². The van der Waals surface area contributed by atoms with Crippen LogP contribution >= 0.6 is 15.9 Å². The first kappa shape index (κ1) is 11.3. The van der Waals surface area contributed by atoms with Crippen LogP contribution in [-0.4, -0.2) is 10.1 Å². The smallest absolute Gasteiger partial charge is 0.113 e. The van der Waals surface area contributed by atoms with E-state index < -0.39 is 5.60 Å². The topological polar surface area (TPSA) is 33.1 Å². The molecule has 0 saturated heterocycles. The second-order valence-electron chi connectivity index (χ2n) is 3.83. The van der Waals surface area contributed by atoms with Crippen molar-refractivity contribution in [3.63, 3.8) is 0 Å². The zero-order valence-electron chi connectivity index (χ0n) is 8.89. The van der Waals surface area contributed by atoms with E-state index >= 15 is 0 Å². The van der Waals surface area contributed by atoms with Crippen LogP contribution in [0, 0.1) is 0 Å². The lowest BCUT2D eigenvalue weighted by molar-refractivity contribution is 0.102. The Balaban J connectivity index is 2.47. The molecule has 1 aromatic carbocycles. The maximum atomic E-state index is 10.5. The van der Waals surface area contributed by atoms with E-state index in [-0.39, 0.29) is 0 Å². The normalized spacial score (nSPS) is 14.4. The summed E-state index contributed by atoms with van der Waals surface area (Å²) in [5.41, 5.74) is 0.612. The third-order valence-electron chi connectivity index (χ3n) is 2.60. The molecule has 1 unspecified atom stereocenters. The van der Waals surface area contributed by atoms with Crippen molar-refractivity contribution >= 4 is 15.9 Å². The minimum absolute atomic E-state index is 0.771. The molecule has 3 heteroatoms. The van der Waals surface area contributed by atoms with Gasteiger partial charge in [-0.25, -0.2) is 0 Å². The van der Waals surface area contributed by atoms with Crippen LogP contribution in [0.2, 0.25) is 0 Å². The molecule has 16 heavy (non-hydrogen) atoms. The van der Waals surface area contributed by atoms with E-state index in [1.807, 2.05) is 36.4 Å². The fourth-order valence-electron chi connectivity index (χ4n) is 1.61. The number of nitrogens with zero attached hydrogens (tertiary/aromatic N) is 1. The van der Waals surface area contributed by atoms with E-state index in [0.717, 1.165) is 15.6 Å². The number of hydrogen-bond acceptors (Lipinski definition) is 2. The van der Waals surface area contributed by atoms with Gasteiger partial charge in [-0.1, -0.05) is 30.3 Å². The molecule has 0 fully saturated rings. The average molecular weight is 278 g/mol. The first-order valence-electron chi connectivity index (χ1n) is 4.99. The summed E-state index contributed by atoms with van der Waals surface area (Å²) in [6.45, 7) is 1.77. The van der Waals surface area contributed by atoms with Crippen molar-refractivity contribution in [1.29, 1.82) is 0 Å². The highest BCUT2D eigenvalue weighted by Gasteiger charge is 2.25. The fraction of sp³-hybridized carbons (Fsp3) is 0.154. The fourth-order valence-corrected chi connectivity index (χ4v) is 1.97. The minimum atomic E-state index is -1.02. The van der Waals surface area contributed by atoms with Crippen molar-refractivity contribution in [1.82, 2.24) is 4.98 Å². The summed E-state index contributed by atoms with van der Waals surface area (Å²) in [7, 11) is 0. The number of hydrogen-bond donors (Lipinski definition) is 1. The second kappa shape index (κ2) is 4.36. The molecular formula is C13H12BrNO. The molecule has 0 amide bonds. The lowest BCUT2D eigenvalue weighted by Crippen LogP contribution is -2.22. The second-order valence-corrected chi connectivity index (χ2v) is 4.75. The van der Waals surface area contributed by atoms with Crippen LogP contribution in [0.4, 0.5) is 0 Å². The number of pyridine rings is 1. The molecule has 0 aliphatic rings. The molecule has 2 nitrogen and oxygen atoms in total. The van der Waals surface area contributed by atoms with Crippen molar-refractivity contribution in [3.05, 3.63) is 64.4 Å². The third kappa shape index (κ3) is 2.15.